The zero-order chi connectivity index (χ0) is 19.4. The highest BCUT2D eigenvalue weighted by molar-refractivity contribution is 5.94. The third kappa shape index (κ3) is 3.82. The molecule has 0 radical (unpaired) electrons. The maximum absolute atomic E-state index is 12.1. The predicted molar refractivity (Wildman–Crippen MR) is 98.4 cm³/mol. The van der Waals surface area contributed by atoms with Gasteiger partial charge in [-0.2, -0.15) is 5.10 Å². The van der Waals surface area contributed by atoms with Gasteiger partial charge in [0, 0.05) is 12.4 Å². The van der Waals surface area contributed by atoms with E-state index in [0.717, 1.165) is 16.3 Å². The van der Waals surface area contributed by atoms with Crippen molar-refractivity contribution in [1.82, 2.24) is 20.0 Å². The summed E-state index contributed by atoms with van der Waals surface area (Å²) in [6.45, 7) is 1.83. The number of nitrogens with zero attached hydrogens (tertiary/aromatic N) is 3. The number of nitrogens with one attached hydrogen (secondary N) is 2. The Bertz CT molecular complexity index is 1130. The van der Waals surface area contributed by atoms with Crippen LogP contribution in [0.25, 0.3) is 5.69 Å². The Morgan fingerprint density at radius 1 is 1.30 bits per heavy atom. The van der Waals surface area contributed by atoms with Crippen LogP contribution in [0, 0.1) is 6.92 Å². The predicted octanol–water partition coefficient (Wildman–Crippen LogP) is 0.699. The second-order valence-corrected chi connectivity index (χ2v) is 5.61. The first-order valence-corrected chi connectivity index (χ1v) is 7.86. The molecule has 3 N–H and O–H groups in total. The van der Waals surface area contributed by atoms with Gasteiger partial charge in [0.2, 0.25) is 5.88 Å². The summed E-state index contributed by atoms with van der Waals surface area (Å²) in [6.07, 6.45) is 3.84. The van der Waals surface area contributed by atoms with E-state index in [4.69, 9.17) is 0 Å². The summed E-state index contributed by atoms with van der Waals surface area (Å²) in [4.78, 5) is 42.0. The smallest absolute Gasteiger partial charge is 0.335 e. The molecule has 0 atom stereocenters. The Kier molecular flexibility index (Phi) is 4.93. The summed E-state index contributed by atoms with van der Waals surface area (Å²) in [7, 11) is 0. The molecule has 0 saturated heterocycles. The number of pyridine rings is 1. The normalized spacial score (nSPS) is 10.9. The molecule has 136 valence electrons. The SMILES string of the molecule is Cc1cccc(-n2c(O)c(C=NNC(=O)c3cccnc3)c(=O)[nH]c2=O)c1. The van der Waals surface area contributed by atoms with Crippen LogP contribution in [0.15, 0.2) is 63.5 Å². The molecule has 0 aliphatic rings. The lowest BCUT2D eigenvalue weighted by Crippen LogP contribution is -2.31. The fourth-order valence-corrected chi connectivity index (χ4v) is 2.38. The maximum Gasteiger partial charge on any atom is 0.335 e. The van der Waals surface area contributed by atoms with Crippen molar-refractivity contribution in [3.63, 3.8) is 0 Å². The van der Waals surface area contributed by atoms with Gasteiger partial charge in [-0.05, 0) is 36.8 Å². The van der Waals surface area contributed by atoms with Gasteiger partial charge in [0.15, 0.2) is 0 Å². The van der Waals surface area contributed by atoms with Crippen molar-refractivity contribution in [3.8, 4) is 11.6 Å². The van der Waals surface area contributed by atoms with Gasteiger partial charge in [-0.1, -0.05) is 12.1 Å². The van der Waals surface area contributed by atoms with E-state index in [-0.39, 0.29) is 11.1 Å². The van der Waals surface area contributed by atoms with Gasteiger partial charge in [-0.25, -0.2) is 14.8 Å². The monoisotopic (exact) mass is 365 g/mol. The number of aromatic amines is 1. The largest absolute Gasteiger partial charge is 0.493 e. The number of carbonyl (C=O) groups excluding carboxylic acids is 1. The summed E-state index contributed by atoms with van der Waals surface area (Å²) in [6, 6.07) is 9.95. The highest BCUT2D eigenvalue weighted by Crippen LogP contribution is 2.16. The van der Waals surface area contributed by atoms with Gasteiger partial charge in [0.25, 0.3) is 11.5 Å². The van der Waals surface area contributed by atoms with Crippen LogP contribution in [0.2, 0.25) is 0 Å². The lowest BCUT2D eigenvalue weighted by molar-refractivity contribution is 0.0954. The number of H-pyrrole nitrogens is 1. The quantitative estimate of drug-likeness (QED) is 0.463. The number of hydrogen-bond acceptors (Lipinski definition) is 6. The molecule has 27 heavy (non-hydrogen) atoms. The van der Waals surface area contributed by atoms with Crippen LogP contribution in [0.3, 0.4) is 0 Å². The maximum atomic E-state index is 12.1. The third-order valence-electron chi connectivity index (χ3n) is 3.66. The lowest BCUT2D eigenvalue weighted by atomic mass is 10.2. The molecule has 9 heteroatoms. The Morgan fingerprint density at radius 2 is 2.11 bits per heavy atom. The van der Waals surface area contributed by atoms with Crippen LogP contribution < -0.4 is 16.7 Å². The van der Waals surface area contributed by atoms with Gasteiger partial charge in [0.1, 0.15) is 5.56 Å². The van der Waals surface area contributed by atoms with Crippen LogP contribution >= 0.6 is 0 Å². The van der Waals surface area contributed by atoms with E-state index in [2.05, 4.69) is 20.5 Å². The number of hydrogen-bond donors (Lipinski definition) is 3. The highest BCUT2D eigenvalue weighted by Gasteiger charge is 2.14. The molecule has 9 nitrogen and oxygen atoms in total. The van der Waals surface area contributed by atoms with Gasteiger partial charge < -0.3 is 5.11 Å². The van der Waals surface area contributed by atoms with Crippen molar-refractivity contribution in [3.05, 3.63) is 86.3 Å². The first-order chi connectivity index (χ1) is 13.0. The van der Waals surface area contributed by atoms with E-state index in [1.54, 1.807) is 30.3 Å². The van der Waals surface area contributed by atoms with E-state index >= 15 is 0 Å². The Hall–Kier alpha value is -4.01. The van der Waals surface area contributed by atoms with Gasteiger partial charge in [0.05, 0.1) is 17.5 Å². The third-order valence-corrected chi connectivity index (χ3v) is 3.66. The highest BCUT2D eigenvalue weighted by atomic mass is 16.3. The molecule has 3 aromatic rings. The number of hydrazone groups is 1. The van der Waals surface area contributed by atoms with Crippen molar-refractivity contribution in [2.24, 2.45) is 5.10 Å². The molecule has 0 aliphatic carbocycles. The van der Waals surface area contributed by atoms with Crippen LogP contribution in [0.4, 0.5) is 0 Å². The first kappa shape index (κ1) is 17.8. The number of carbonyl (C=O) groups is 1. The second kappa shape index (κ2) is 7.48. The molecule has 1 aromatic carbocycles. The molecule has 2 heterocycles. The van der Waals surface area contributed by atoms with E-state index in [1.165, 1.54) is 12.4 Å². The van der Waals surface area contributed by atoms with Crippen molar-refractivity contribution >= 4 is 12.1 Å². The molecular formula is C18H15N5O4. The van der Waals surface area contributed by atoms with Gasteiger partial charge in [-0.3, -0.25) is 19.6 Å². The molecule has 2 aromatic heterocycles. The number of aryl methyl sites for hydroxylation is 1. The topological polar surface area (TPSA) is 129 Å². The van der Waals surface area contributed by atoms with Crippen LogP contribution in [-0.4, -0.2) is 31.8 Å². The van der Waals surface area contributed by atoms with E-state index < -0.39 is 23.0 Å². The second-order valence-electron chi connectivity index (χ2n) is 5.61. The van der Waals surface area contributed by atoms with Crippen molar-refractivity contribution < 1.29 is 9.90 Å². The Balaban J connectivity index is 1.94. The van der Waals surface area contributed by atoms with E-state index in [1.807, 2.05) is 13.0 Å². The van der Waals surface area contributed by atoms with Crippen LogP contribution in [0.5, 0.6) is 5.88 Å². The Labute approximate surface area is 152 Å². The first-order valence-electron chi connectivity index (χ1n) is 7.86. The van der Waals surface area contributed by atoms with Crippen LogP contribution in [0.1, 0.15) is 21.5 Å². The molecule has 0 saturated carbocycles. The molecule has 0 bridgehead atoms. The number of aromatic nitrogens is 3. The van der Waals surface area contributed by atoms with Crippen molar-refractivity contribution in [2.75, 3.05) is 0 Å². The number of rotatable bonds is 4. The van der Waals surface area contributed by atoms with E-state index in [9.17, 15) is 19.5 Å². The average Bonchev–Trinajstić information content (AvgIpc) is 2.65. The minimum Gasteiger partial charge on any atom is -0.493 e. The molecule has 0 spiro atoms. The minimum atomic E-state index is -0.833. The van der Waals surface area contributed by atoms with E-state index in [0.29, 0.717) is 5.69 Å². The molecule has 0 unspecified atom stereocenters. The van der Waals surface area contributed by atoms with Crippen LogP contribution in [-0.2, 0) is 0 Å². The number of aromatic hydroxyl groups is 1. The summed E-state index contributed by atoms with van der Waals surface area (Å²) < 4.78 is 0.943. The zero-order valence-electron chi connectivity index (χ0n) is 14.2. The zero-order valence-corrected chi connectivity index (χ0v) is 14.2. The minimum absolute atomic E-state index is 0.275. The van der Waals surface area contributed by atoms with Crippen molar-refractivity contribution in [2.45, 2.75) is 6.92 Å². The molecule has 3 rings (SSSR count). The molecule has 0 fully saturated rings. The standard InChI is InChI=1S/C18H15N5O4/c1-11-4-2-6-13(8-11)23-17(26)14(16(25)21-18(23)27)10-20-22-15(24)12-5-3-7-19-9-12/h2-10,26H,1H3,(H,22,24)(H,21,25,27). The van der Waals surface area contributed by atoms with Crippen molar-refractivity contribution in [1.29, 1.82) is 0 Å². The van der Waals surface area contributed by atoms with Gasteiger partial charge >= 0.3 is 5.69 Å². The summed E-state index contributed by atoms with van der Waals surface area (Å²) in [5, 5.41) is 14.1. The summed E-state index contributed by atoms with van der Waals surface area (Å²) in [5.41, 5.74) is 1.84. The van der Waals surface area contributed by atoms with Gasteiger partial charge in [-0.15, -0.1) is 0 Å². The average molecular weight is 365 g/mol. The molecular weight excluding hydrogens is 350 g/mol. The summed E-state index contributed by atoms with van der Waals surface area (Å²) >= 11 is 0. The number of benzene rings is 1. The Morgan fingerprint density at radius 3 is 2.81 bits per heavy atom. The lowest BCUT2D eigenvalue weighted by Gasteiger charge is -2.10. The molecule has 0 aliphatic heterocycles. The molecule has 1 amide bonds. The summed E-state index contributed by atoms with van der Waals surface area (Å²) in [5.74, 6) is -1.13. The number of amides is 1. The fraction of sp³-hybridized carbons (Fsp3) is 0.0556. The fourth-order valence-electron chi connectivity index (χ4n) is 2.38.